The summed E-state index contributed by atoms with van der Waals surface area (Å²) in [4.78, 5) is 0. The van der Waals surface area contributed by atoms with Crippen molar-refractivity contribution in [3.8, 4) is 0 Å². The van der Waals surface area contributed by atoms with Crippen LogP contribution in [0.15, 0.2) is 34.9 Å². The van der Waals surface area contributed by atoms with Crippen LogP contribution in [0.25, 0.3) is 0 Å². The number of benzene rings is 1. The quantitative estimate of drug-likeness (QED) is 0.940. The monoisotopic (exact) mass is 311 g/mol. The Morgan fingerprint density at radius 2 is 2.22 bits per heavy atom. The summed E-state index contributed by atoms with van der Waals surface area (Å²) < 4.78 is 15.5. The second kappa shape index (κ2) is 5.63. The first-order valence-corrected chi connectivity index (χ1v) is 6.52. The molecule has 1 aromatic heterocycles. The first-order valence-electron chi connectivity index (χ1n) is 5.73. The van der Waals surface area contributed by atoms with Crippen LogP contribution in [0.3, 0.4) is 0 Å². The van der Waals surface area contributed by atoms with Crippen molar-refractivity contribution < 1.29 is 4.39 Å². The smallest absolute Gasteiger partial charge is 0.137 e. The number of rotatable bonds is 4. The van der Waals surface area contributed by atoms with Gasteiger partial charge in [-0.15, -0.1) is 0 Å². The summed E-state index contributed by atoms with van der Waals surface area (Å²) in [5, 5.41) is 7.50. The molecule has 1 atom stereocenters. The SMILES string of the molecule is CC(NCc1ccnn1C)c1ccc(F)c(Br)c1. The molecule has 1 N–H and O–H groups in total. The van der Waals surface area contributed by atoms with E-state index in [-0.39, 0.29) is 11.9 Å². The van der Waals surface area contributed by atoms with Gasteiger partial charge >= 0.3 is 0 Å². The molecule has 1 aromatic carbocycles. The second-order valence-corrected chi connectivity index (χ2v) is 5.08. The highest BCUT2D eigenvalue weighted by Gasteiger charge is 2.08. The molecular formula is C13H15BrFN3. The molecule has 3 nitrogen and oxygen atoms in total. The first kappa shape index (κ1) is 13.2. The molecule has 0 amide bonds. The van der Waals surface area contributed by atoms with Crippen LogP contribution in [0.5, 0.6) is 0 Å². The van der Waals surface area contributed by atoms with Crippen molar-refractivity contribution in [2.24, 2.45) is 7.05 Å². The molecule has 0 radical (unpaired) electrons. The van der Waals surface area contributed by atoms with Crippen molar-refractivity contribution in [2.45, 2.75) is 19.5 Å². The van der Waals surface area contributed by atoms with E-state index < -0.39 is 0 Å². The molecule has 5 heteroatoms. The lowest BCUT2D eigenvalue weighted by molar-refractivity contribution is 0.546. The summed E-state index contributed by atoms with van der Waals surface area (Å²) in [7, 11) is 1.91. The third-order valence-electron chi connectivity index (χ3n) is 2.96. The normalized spacial score (nSPS) is 12.7. The Bertz CT molecular complexity index is 539. The minimum absolute atomic E-state index is 0.150. The van der Waals surface area contributed by atoms with Gasteiger partial charge in [0.1, 0.15) is 5.82 Å². The van der Waals surface area contributed by atoms with E-state index in [1.165, 1.54) is 6.07 Å². The molecule has 1 unspecified atom stereocenters. The summed E-state index contributed by atoms with van der Waals surface area (Å²) in [5.74, 6) is -0.238. The number of nitrogens with one attached hydrogen (secondary N) is 1. The Kier molecular flexibility index (Phi) is 4.14. The fraction of sp³-hybridized carbons (Fsp3) is 0.308. The lowest BCUT2D eigenvalue weighted by atomic mass is 10.1. The number of aryl methyl sites for hydroxylation is 1. The molecule has 0 spiro atoms. The molecule has 0 saturated carbocycles. The van der Waals surface area contributed by atoms with Gasteiger partial charge in [-0.1, -0.05) is 6.07 Å². The summed E-state index contributed by atoms with van der Waals surface area (Å²) in [6, 6.07) is 7.19. The molecule has 18 heavy (non-hydrogen) atoms. The van der Waals surface area contributed by atoms with Gasteiger partial charge in [0, 0.05) is 25.8 Å². The lowest BCUT2D eigenvalue weighted by Gasteiger charge is -2.14. The standard InChI is InChI=1S/C13H15BrFN3/c1-9(10-3-4-13(15)12(14)7-10)16-8-11-5-6-17-18(11)2/h3-7,9,16H,8H2,1-2H3. The lowest BCUT2D eigenvalue weighted by Crippen LogP contribution is -2.19. The molecule has 0 aliphatic rings. The Labute approximate surface area is 114 Å². The minimum atomic E-state index is -0.238. The molecule has 2 rings (SSSR count). The Morgan fingerprint density at radius 1 is 1.44 bits per heavy atom. The third kappa shape index (κ3) is 2.97. The van der Waals surface area contributed by atoms with Crippen molar-refractivity contribution in [1.82, 2.24) is 15.1 Å². The van der Waals surface area contributed by atoms with E-state index in [1.54, 1.807) is 18.3 Å². The van der Waals surface area contributed by atoms with E-state index >= 15 is 0 Å². The van der Waals surface area contributed by atoms with E-state index in [4.69, 9.17) is 0 Å². The van der Waals surface area contributed by atoms with Gasteiger partial charge in [0.25, 0.3) is 0 Å². The molecular weight excluding hydrogens is 297 g/mol. The van der Waals surface area contributed by atoms with Crippen molar-refractivity contribution in [1.29, 1.82) is 0 Å². The van der Waals surface area contributed by atoms with Gasteiger partial charge in [-0.3, -0.25) is 4.68 Å². The maximum atomic E-state index is 13.1. The Balaban J connectivity index is 2.01. The van der Waals surface area contributed by atoms with E-state index in [9.17, 15) is 4.39 Å². The van der Waals surface area contributed by atoms with Gasteiger partial charge in [0.05, 0.1) is 10.2 Å². The minimum Gasteiger partial charge on any atom is -0.305 e. The average molecular weight is 312 g/mol. The summed E-state index contributed by atoms with van der Waals surface area (Å²) in [5.41, 5.74) is 2.16. The van der Waals surface area contributed by atoms with Gasteiger partial charge in [-0.05, 0) is 46.6 Å². The summed E-state index contributed by atoms with van der Waals surface area (Å²) >= 11 is 3.20. The highest BCUT2D eigenvalue weighted by Crippen LogP contribution is 2.21. The van der Waals surface area contributed by atoms with E-state index in [2.05, 4.69) is 33.3 Å². The van der Waals surface area contributed by atoms with E-state index in [0.717, 1.165) is 17.8 Å². The number of hydrogen-bond acceptors (Lipinski definition) is 2. The van der Waals surface area contributed by atoms with E-state index in [0.29, 0.717) is 4.47 Å². The van der Waals surface area contributed by atoms with Gasteiger partial charge in [-0.2, -0.15) is 5.10 Å². The molecule has 2 aromatic rings. The molecule has 0 bridgehead atoms. The molecule has 0 fully saturated rings. The van der Waals surface area contributed by atoms with Gasteiger partial charge in [0.15, 0.2) is 0 Å². The topological polar surface area (TPSA) is 29.9 Å². The van der Waals surface area contributed by atoms with Crippen molar-refractivity contribution >= 4 is 15.9 Å². The Morgan fingerprint density at radius 3 is 2.83 bits per heavy atom. The zero-order valence-corrected chi connectivity index (χ0v) is 11.9. The van der Waals surface area contributed by atoms with Crippen LogP contribution in [-0.2, 0) is 13.6 Å². The van der Waals surface area contributed by atoms with Crippen LogP contribution in [0.1, 0.15) is 24.2 Å². The molecule has 0 aliphatic heterocycles. The van der Waals surface area contributed by atoms with Crippen LogP contribution >= 0.6 is 15.9 Å². The number of halogens is 2. The molecule has 0 aliphatic carbocycles. The number of nitrogens with zero attached hydrogens (tertiary/aromatic N) is 2. The van der Waals surface area contributed by atoms with Gasteiger partial charge < -0.3 is 5.32 Å². The van der Waals surface area contributed by atoms with Crippen LogP contribution in [0.2, 0.25) is 0 Å². The summed E-state index contributed by atoms with van der Waals surface area (Å²) in [6.07, 6.45) is 1.77. The largest absolute Gasteiger partial charge is 0.305 e. The number of hydrogen-bond donors (Lipinski definition) is 1. The maximum absolute atomic E-state index is 13.1. The van der Waals surface area contributed by atoms with Gasteiger partial charge in [0.2, 0.25) is 0 Å². The highest BCUT2D eigenvalue weighted by molar-refractivity contribution is 9.10. The maximum Gasteiger partial charge on any atom is 0.137 e. The molecule has 0 saturated heterocycles. The van der Waals surface area contributed by atoms with E-state index in [1.807, 2.05) is 17.8 Å². The molecule has 1 heterocycles. The fourth-order valence-electron chi connectivity index (χ4n) is 1.73. The van der Waals surface area contributed by atoms with Crippen LogP contribution in [-0.4, -0.2) is 9.78 Å². The molecule has 96 valence electrons. The van der Waals surface area contributed by atoms with Crippen LogP contribution in [0.4, 0.5) is 4.39 Å². The predicted octanol–water partition coefficient (Wildman–Crippen LogP) is 3.17. The third-order valence-corrected chi connectivity index (χ3v) is 3.56. The average Bonchev–Trinajstić information content (AvgIpc) is 2.75. The summed E-state index contributed by atoms with van der Waals surface area (Å²) in [6.45, 7) is 2.78. The predicted molar refractivity (Wildman–Crippen MR) is 72.6 cm³/mol. The fourth-order valence-corrected chi connectivity index (χ4v) is 2.13. The van der Waals surface area contributed by atoms with Crippen LogP contribution in [0, 0.1) is 5.82 Å². The zero-order chi connectivity index (χ0) is 13.1. The van der Waals surface area contributed by atoms with Crippen molar-refractivity contribution in [3.63, 3.8) is 0 Å². The highest BCUT2D eigenvalue weighted by atomic mass is 79.9. The van der Waals surface area contributed by atoms with Crippen molar-refractivity contribution in [2.75, 3.05) is 0 Å². The second-order valence-electron chi connectivity index (χ2n) is 4.22. The first-order chi connectivity index (χ1) is 8.58. The Hall–Kier alpha value is -1.20. The van der Waals surface area contributed by atoms with Gasteiger partial charge in [-0.25, -0.2) is 4.39 Å². The van der Waals surface area contributed by atoms with Crippen molar-refractivity contribution in [3.05, 3.63) is 52.0 Å². The zero-order valence-electron chi connectivity index (χ0n) is 10.3. The number of aromatic nitrogens is 2. The van der Waals surface area contributed by atoms with Crippen LogP contribution < -0.4 is 5.32 Å².